The van der Waals surface area contributed by atoms with Gasteiger partial charge in [-0.1, -0.05) is 12.1 Å². The van der Waals surface area contributed by atoms with E-state index >= 15 is 0 Å². The van der Waals surface area contributed by atoms with E-state index in [0.717, 1.165) is 16.6 Å². The average molecular weight is 284 g/mol. The summed E-state index contributed by atoms with van der Waals surface area (Å²) in [4.78, 5) is 8.31. The first kappa shape index (κ1) is 13.3. The van der Waals surface area contributed by atoms with Crippen molar-refractivity contribution in [3.05, 3.63) is 30.6 Å². The van der Waals surface area contributed by atoms with Crippen molar-refractivity contribution in [2.75, 3.05) is 18.1 Å². The summed E-state index contributed by atoms with van der Waals surface area (Å²) >= 11 is 0. The van der Waals surface area contributed by atoms with Gasteiger partial charge in [-0.2, -0.15) is 5.10 Å². The Kier molecular flexibility index (Phi) is 3.41. The minimum Gasteiger partial charge on any atom is -0.399 e. The van der Waals surface area contributed by atoms with E-state index in [1.165, 1.54) is 6.33 Å². The Hall–Kier alpha value is -2.67. The van der Waals surface area contributed by atoms with Gasteiger partial charge < -0.3 is 16.6 Å². The van der Waals surface area contributed by atoms with E-state index in [-0.39, 0.29) is 6.61 Å². The van der Waals surface area contributed by atoms with Gasteiger partial charge in [-0.15, -0.1) is 0 Å². The van der Waals surface area contributed by atoms with Crippen molar-refractivity contribution >= 4 is 22.5 Å². The molecule has 0 atom stereocenters. The number of nitrogens with zero attached hydrogens (tertiary/aromatic N) is 4. The molecule has 0 saturated heterocycles. The Morgan fingerprint density at radius 2 is 1.86 bits per heavy atom. The number of fused-ring (bicyclic) bond motifs is 1. The summed E-state index contributed by atoms with van der Waals surface area (Å²) in [6.07, 6.45) is 2.02. The molecule has 0 aliphatic rings. The van der Waals surface area contributed by atoms with Gasteiger partial charge in [0.05, 0.1) is 5.39 Å². The van der Waals surface area contributed by atoms with E-state index in [9.17, 15) is 0 Å². The second-order valence-electron chi connectivity index (χ2n) is 4.73. The van der Waals surface area contributed by atoms with Crippen LogP contribution in [0.5, 0.6) is 0 Å². The van der Waals surface area contributed by atoms with Crippen molar-refractivity contribution in [2.24, 2.45) is 0 Å². The highest BCUT2D eigenvalue weighted by Crippen LogP contribution is 2.30. The molecule has 0 amide bonds. The SMILES string of the molecule is Nc1ccc(-c2nn(CCCO)c3ncnc(N)c23)cc1. The first-order valence-corrected chi connectivity index (χ1v) is 6.64. The zero-order chi connectivity index (χ0) is 14.8. The summed E-state index contributed by atoms with van der Waals surface area (Å²) in [5, 5.41) is 14.3. The van der Waals surface area contributed by atoms with Crippen LogP contribution in [-0.2, 0) is 6.54 Å². The maximum Gasteiger partial charge on any atom is 0.163 e. The highest BCUT2D eigenvalue weighted by Gasteiger charge is 2.16. The van der Waals surface area contributed by atoms with Gasteiger partial charge in [0.2, 0.25) is 0 Å². The zero-order valence-corrected chi connectivity index (χ0v) is 11.4. The van der Waals surface area contributed by atoms with Crippen LogP contribution in [0.3, 0.4) is 0 Å². The molecule has 0 fully saturated rings. The Labute approximate surface area is 121 Å². The topological polar surface area (TPSA) is 116 Å². The number of nitrogen functional groups attached to an aromatic ring is 2. The lowest BCUT2D eigenvalue weighted by molar-refractivity contribution is 0.278. The predicted molar refractivity (Wildman–Crippen MR) is 81.3 cm³/mol. The molecule has 7 heteroatoms. The van der Waals surface area contributed by atoms with E-state index < -0.39 is 0 Å². The molecule has 21 heavy (non-hydrogen) atoms. The maximum atomic E-state index is 9.00. The first-order chi connectivity index (χ1) is 10.2. The minimum atomic E-state index is 0.0964. The number of hydrogen-bond donors (Lipinski definition) is 3. The van der Waals surface area contributed by atoms with Crippen molar-refractivity contribution in [2.45, 2.75) is 13.0 Å². The minimum absolute atomic E-state index is 0.0964. The summed E-state index contributed by atoms with van der Waals surface area (Å²) < 4.78 is 1.75. The molecule has 3 aromatic rings. The molecular formula is C14H16N6O. The summed E-state index contributed by atoms with van der Waals surface area (Å²) in [6, 6.07) is 7.40. The number of aliphatic hydroxyl groups is 1. The van der Waals surface area contributed by atoms with Gasteiger partial charge in [-0.25, -0.2) is 14.6 Å². The Morgan fingerprint density at radius 3 is 2.57 bits per heavy atom. The van der Waals surface area contributed by atoms with Crippen LogP contribution in [-0.4, -0.2) is 31.5 Å². The Morgan fingerprint density at radius 1 is 1.10 bits per heavy atom. The molecule has 0 unspecified atom stereocenters. The second-order valence-corrected chi connectivity index (χ2v) is 4.73. The van der Waals surface area contributed by atoms with Crippen LogP contribution < -0.4 is 11.5 Å². The Balaban J connectivity index is 2.19. The van der Waals surface area contributed by atoms with Crippen LogP contribution in [0.2, 0.25) is 0 Å². The predicted octanol–water partition coefficient (Wildman–Crippen LogP) is 1.04. The fourth-order valence-electron chi connectivity index (χ4n) is 2.25. The zero-order valence-electron chi connectivity index (χ0n) is 11.4. The third kappa shape index (κ3) is 2.38. The van der Waals surface area contributed by atoms with Gasteiger partial charge in [0.1, 0.15) is 17.8 Å². The fraction of sp³-hybridized carbons (Fsp3) is 0.214. The highest BCUT2D eigenvalue weighted by atomic mass is 16.3. The molecule has 7 nitrogen and oxygen atoms in total. The number of benzene rings is 1. The lowest BCUT2D eigenvalue weighted by Gasteiger charge is -2.00. The van der Waals surface area contributed by atoms with Crippen LogP contribution in [0.25, 0.3) is 22.3 Å². The summed E-state index contributed by atoms with van der Waals surface area (Å²) in [6.45, 7) is 0.664. The number of rotatable bonds is 4. The van der Waals surface area contributed by atoms with Gasteiger partial charge in [0, 0.05) is 24.4 Å². The molecule has 2 heterocycles. The first-order valence-electron chi connectivity index (χ1n) is 6.64. The fourth-order valence-corrected chi connectivity index (χ4v) is 2.25. The molecule has 0 saturated carbocycles. The lowest BCUT2D eigenvalue weighted by Crippen LogP contribution is -2.03. The third-order valence-electron chi connectivity index (χ3n) is 3.27. The van der Waals surface area contributed by atoms with E-state index in [1.807, 2.05) is 24.3 Å². The van der Waals surface area contributed by atoms with E-state index in [0.29, 0.717) is 30.1 Å². The summed E-state index contributed by atoms with van der Waals surface area (Å²) in [5.74, 6) is 0.391. The van der Waals surface area contributed by atoms with E-state index in [4.69, 9.17) is 16.6 Å². The van der Waals surface area contributed by atoms with Crippen LogP contribution in [0.1, 0.15) is 6.42 Å². The third-order valence-corrected chi connectivity index (χ3v) is 3.27. The van der Waals surface area contributed by atoms with Gasteiger partial charge >= 0.3 is 0 Å². The molecule has 108 valence electrons. The van der Waals surface area contributed by atoms with Gasteiger partial charge in [0.15, 0.2) is 5.65 Å². The molecule has 5 N–H and O–H groups in total. The molecule has 3 rings (SSSR count). The van der Waals surface area contributed by atoms with E-state index in [1.54, 1.807) is 4.68 Å². The van der Waals surface area contributed by atoms with Gasteiger partial charge in [-0.05, 0) is 18.6 Å². The van der Waals surface area contributed by atoms with Crippen LogP contribution in [0.15, 0.2) is 30.6 Å². The number of aromatic nitrogens is 4. The monoisotopic (exact) mass is 284 g/mol. The molecule has 0 spiro atoms. The van der Waals surface area contributed by atoms with Crippen LogP contribution >= 0.6 is 0 Å². The molecule has 0 bridgehead atoms. The van der Waals surface area contributed by atoms with Crippen molar-refractivity contribution < 1.29 is 5.11 Å². The quantitative estimate of drug-likeness (QED) is 0.616. The largest absolute Gasteiger partial charge is 0.399 e. The van der Waals surface area contributed by atoms with Crippen molar-refractivity contribution in [1.82, 2.24) is 19.7 Å². The van der Waals surface area contributed by atoms with Crippen molar-refractivity contribution in [3.63, 3.8) is 0 Å². The molecule has 2 aromatic heterocycles. The van der Waals surface area contributed by atoms with Gasteiger partial charge in [-0.3, -0.25) is 0 Å². The molecule has 0 aliphatic carbocycles. The number of hydrogen-bond acceptors (Lipinski definition) is 6. The molecule has 0 radical (unpaired) electrons. The van der Waals surface area contributed by atoms with Gasteiger partial charge in [0.25, 0.3) is 0 Å². The van der Waals surface area contributed by atoms with Crippen LogP contribution in [0, 0.1) is 0 Å². The van der Waals surface area contributed by atoms with Crippen molar-refractivity contribution in [3.8, 4) is 11.3 Å². The lowest BCUT2D eigenvalue weighted by atomic mass is 10.1. The van der Waals surface area contributed by atoms with E-state index in [2.05, 4.69) is 15.1 Å². The standard InChI is InChI=1S/C14H16N6O/c15-10-4-2-9(3-5-10)12-11-13(16)17-8-18-14(11)20(19-12)6-1-7-21/h2-5,8,21H,1,6-7,15H2,(H2,16,17,18). The second kappa shape index (κ2) is 5.37. The summed E-state index contributed by atoms with van der Waals surface area (Å²) in [7, 11) is 0. The smallest absolute Gasteiger partial charge is 0.163 e. The number of nitrogens with two attached hydrogens (primary N) is 2. The number of aliphatic hydroxyl groups excluding tert-OH is 1. The molecular weight excluding hydrogens is 268 g/mol. The number of aryl methyl sites for hydroxylation is 1. The van der Waals surface area contributed by atoms with Crippen LogP contribution in [0.4, 0.5) is 11.5 Å². The highest BCUT2D eigenvalue weighted by molar-refractivity contribution is 5.98. The summed E-state index contributed by atoms with van der Waals surface area (Å²) in [5.41, 5.74) is 14.7. The average Bonchev–Trinajstić information content (AvgIpc) is 2.86. The maximum absolute atomic E-state index is 9.00. The van der Waals surface area contributed by atoms with Crippen molar-refractivity contribution in [1.29, 1.82) is 0 Å². The normalized spacial score (nSPS) is 11.1. The molecule has 0 aliphatic heterocycles. The Bertz CT molecular complexity index is 765. The number of anilines is 2. The molecule has 1 aromatic carbocycles.